The van der Waals surface area contributed by atoms with Gasteiger partial charge in [-0.05, 0) is 60.1 Å². The molecule has 2 aromatic carbocycles. The van der Waals surface area contributed by atoms with Crippen molar-refractivity contribution in [3.05, 3.63) is 82.0 Å². The molecule has 134 valence electrons. The molecule has 0 unspecified atom stereocenters. The Labute approximate surface area is 189 Å². The number of benzene rings is 2. The van der Waals surface area contributed by atoms with Gasteiger partial charge in [0.15, 0.2) is 0 Å². The van der Waals surface area contributed by atoms with Crippen LogP contribution < -0.4 is 24.8 Å². The summed E-state index contributed by atoms with van der Waals surface area (Å²) >= 11 is 0. The second-order valence-electron chi connectivity index (χ2n) is 7.57. The molecule has 0 atom stereocenters. The molecule has 3 heteroatoms. The van der Waals surface area contributed by atoms with Crippen LogP contribution in [0.25, 0.3) is 11.1 Å². The molecule has 2 aliphatic carbocycles. The van der Waals surface area contributed by atoms with E-state index in [9.17, 15) is 0 Å². The monoisotopic (exact) mass is 460 g/mol. The van der Waals surface area contributed by atoms with E-state index in [0.29, 0.717) is 0 Å². The molecule has 2 aromatic rings. The smallest absolute Gasteiger partial charge is 1.00 e. The molecular formula is C23H24Cl2Zr. The van der Waals surface area contributed by atoms with Crippen LogP contribution in [0.1, 0.15) is 48.1 Å². The second-order valence-corrected chi connectivity index (χ2v) is 7.57. The number of fused-ring (bicyclic) bond motifs is 3. The van der Waals surface area contributed by atoms with Crippen molar-refractivity contribution in [1.82, 2.24) is 0 Å². The van der Waals surface area contributed by atoms with Gasteiger partial charge in [-0.2, -0.15) is 0 Å². The van der Waals surface area contributed by atoms with E-state index < -0.39 is 0 Å². The maximum atomic E-state index is 2.39. The zero-order valence-electron chi connectivity index (χ0n) is 15.8. The zero-order valence-corrected chi connectivity index (χ0v) is 19.8. The Bertz CT molecular complexity index is 876. The first-order chi connectivity index (χ1) is 11.0. The first-order valence-electron chi connectivity index (χ1n) is 8.57. The first-order valence-corrected chi connectivity index (χ1v) is 8.57. The predicted molar refractivity (Wildman–Crippen MR) is 99.0 cm³/mol. The van der Waals surface area contributed by atoms with Crippen molar-refractivity contribution in [3.63, 3.8) is 0 Å². The topological polar surface area (TPSA) is 0 Å². The van der Waals surface area contributed by atoms with Gasteiger partial charge in [0, 0.05) is 5.41 Å². The van der Waals surface area contributed by atoms with Crippen molar-refractivity contribution < 1.29 is 51.0 Å². The average Bonchev–Trinajstić information content (AvgIpc) is 3.13. The molecule has 0 fully saturated rings. The van der Waals surface area contributed by atoms with Crippen LogP contribution in [0, 0.1) is 13.8 Å². The van der Waals surface area contributed by atoms with Crippen LogP contribution in [0.15, 0.2) is 54.1 Å². The maximum Gasteiger partial charge on any atom is 2.00 e. The molecule has 0 saturated carbocycles. The molecule has 0 aromatic heterocycles. The maximum absolute atomic E-state index is 2.39. The number of halogens is 2. The Morgan fingerprint density at radius 3 is 2.27 bits per heavy atom. The summed E-state index contributed by atoms with van der Waals surface area (Å²) in [7, 11) is 0. The molecular weight excluding hydrogens is 438 g/mol. The van der Waals surface area contributed by atoms with Gasteiger partial charge in [0.2, 0.25) is 0 Å². The van der Waals surface area contributed by atoms with E-state index in [2.05, 4.69) is 76.3 Å². The minimum Gasteiger partial charge on any atom is -1.00 e. The van der Waals surface area contributed by atoms with Crippen molar-refractivity contribution >= 4 is 0 Å². The van der Waals surface area contributed by atoms with Crippen molar-refractivity contribution in [1.29, 1.82) is 0 Å². The summed E-state index contributed by atoms with van der Waals surface area (Å²) < 4.78 is 0. The molecule has 0 bridgehead atoms. The van der Waals surface area contributed by atoms with E-state index in [0.717, 1.165) is 12.8 Å². The average molecular weight is 463 g/mol. The molecule has 0 amide bonds. The number of hydrogen-bond donors (Lipinski definition) is 0. The van der Waals surface area contributed by atoms with E-state index in [-0.39, 0.29) is 56.4 Å². The van der Waals surface area contributed by atoms with Crippen molar-refractivity contribution in [2.45, 2.75) is 46.0 Å². The van der Waals surface area contributed by atoms with Gasteiger partial charge in [-0.3, -0.25) is 0 Å². The van der Waals surface area contributed by atoms with Crippen LogP contribution in [-0.4, -0.2) is 0 Å². The standard InChI is InChI=1S/C23H24.2ClH.Zr/c1-15-9-11-19-17(13-15)14-21-20(19)12-10-16(2)22(21)23(3,4)18-7-5-6-8-18;;;/h5-7,9-13H,8,14H2,1-4H3;2*1H;/q;;;+2/p-2. The zero-order chi connectivity index (χ0) is 16.2. The fourth-order valence-corrected chi connectivity index (χ4v) is 4.46. The molecule has 26 heavy (non-hydrogen) atoms. The molecule has 2 aliphatic rings. The third kappa shape index (κ3) is 3.69. The largest absolute Gasteiger partial charge is 2.00 e. The van der Waals surface area contributed by atoms with Crippen molar-refractivity contribution in [2.75, 3.05) is 0 Å². The fraction of sp³-hybridized carbons (Fsp3) is 0.304. The minimum atomic E-state index is 0. The van der Waals surface area contributed by atoms with Gasteiger partial charge < -0.3 is 24.8 Å². The Balaban J connectivity index is 0.00000113. The fourth-order valence-electron chi connectivity index (χ4n) is 4.46. The van der Waals surface area contributed by atoms with Crippen LogP contribution in [0.3, 0.4) is 0 Å². The van der Waals surface area contributed by atoms with Crippen LogP contribution >= 0.6 is 0 Å². The van der Waals surface area contributed by atoms with Crippen LogP contribution in [0.4, 0.5) is 0 Å². The van der Waals surface area contributed by atoms with Gasteiger partial charge in [-0.25, -0.2) is 0 Å². The predicted octanol–water partition coefficient (Wildman–Crippen LogP) is 0.0440. The van der Waals surface area contributed by atoms with Gasteiger partial charge in [-0.15, -0.1) is 0 Å². The molecule has 0 heterocycles. The number of hydrogen-bond acceptors (Lipinski definition) is 0. The van der Waals surface area contributed by atoms with Crippen LogP contribution in [-0.2, 0) is 38.0 Å². The Kier molecular flexibility index (Phi) is 7.74. The number of rotatable bonds is 2. The number of aryl methyl sites for hydroxylation is 2. The third-order valence-electron chi connectivity index (χ3n) is 5.64. The number of allylic oxidation sites excluding steroid dienone is 4. The van der Waals surface area contributed by atoms with Gasteiger partial charge in [-0.1, -0.05) is 73.5 Å². The molecule has 4 rings (SSSR count). The molecule has 0 N–H and O–H groups in total. The van der Waals surface area contributed by atoms with Crippen molar-refractivity contribution in [2.24, 2.45) is 0 Å². The van der Waals surface area contributed by atoms with E-state index in [4.69, 9.17) is 0 Å². The Morgan fingerprint density at radius 1 is 0.923 bits per heavy atom. The van der Waals surface area contributed by atoms with Gasteiger partial charge >= 0.3 is 26.2 Å². The Hall–Kier alpha value is -0.617. The summed E-state index contributed by atoms with van der Waals surface area (Å²) in [4.78, 5) is 0. The van der Waals surface area contributed by atoms with E-state index in [1.54, 1.807) is 11.1 Å². The van der Waals surface area contributed by atoms with Gasteiger partial charge in [0.25, 0.3) is 0 Å². The normalized spacial score (nSPS) is 13.8. The Morgan fingerprint density at radius 2 is 1.62 bits per heavy atom. The van der Waals surface area contributed by atoms with Crippen molar-refractivity contribution in [3.8, 4) is 11.1 Å². The van der Waals surface area contributed by atoms with E-state index in [1.165, 1.54) is 33.4 Å². The summed E-state index contributed by atoms with van der Waals surface area (Å²) in [5.41, 5.74) is 11.9. The molecule has 0 spiro atoms. The summed E-state index contributed by atoms with van der Waals surface area (Å²) in [6.07, 6.45) is 8.95. The second kappa shape index (κ2) is 8.60. The third-order valence-corrected chi connectivity index (χ3v) is 5.64. The quantitative estimate of drug-likeness (QED) is 0.505. The van der Waals surface area contributed by atoms with Crippen LogP contribution in [0.5, 0.6) is 0 Å². The van der Waals surface area contributed by atoms with Crippen LogP contribution in [0.2, 0.25) is 0 Å². The summed E-state index contributed by atoms with van der Waals surface area (Å²) in [6.45, 7) is 9.24. The molecule has 0 aliphatic heterocycles. The minimum absolute atomic E-state index is 0. The SMILES string of the molecule is Cc1ccc2c(c1)Cc1c-2ccc(C)c1C(C)(C)C1=CC=CC1.[Cl-].[Cl-].[Zr+2]. The molecule has 0 saturated heterocycles. The van der Waals surface area contributed by atoms with Gasteiger partial charge in [0.1, 0.15) is 0 Å². The first kappa shape index (κ1) is 23.4. The summed E-state index contributed by atoms with van der Waals surface area (Å²) in [6, 6.07) is 11.5. The molecule has 0 radical (unpaired) electrons. The summed E-state index contributed by atoms with van der Waals surface area (Å²) in [5, 5.41) is 0. The van der Waals surface area contributed by atoms with Gasteiger partial charge in [0.05, 0.1) is 0 Å². The van der Waals surface area contributed by atoms with E-state index in [1.807, 2.05) is 0 Å². The van der Waals surface area contributed by atoms with E-state index >= 15 is 0 Å². The molecule has 0 nitrogen and oxygen atoms in total. The summed E-state index contributed by atoms with van der Waals surface area (Å²) in [5.74, 6) is 0.